The summed E-state index contributed by atoms with van der Waals surface area (Å²) in [4.78, 5) is 30.5. The van der Waals surface area contributed by atoms with Crippen LogP contribution in [0.25, 0.3) is 0 Å². The normalized spacial score (nSPS) is 12.1. The summed E-state index contributed by atoms with van der Waals surface area (Å²) in [5.74, 6) is -1.33. The molecule has 1 heterocycles. The number of likely N-dealkylation sites (N-methyl/N-ethyl adjacent to an activating group) is 1. The fraction of sp³-hybridized carbons (Fsp3) is 0.500. The van der Waals surface area contributed by atoms with Crippen LogP contribution in [0.4, 0.5) is 0 Å². The highest BCUT2D eigenvalue weighted by Gasteiger charge is 2.26. The molecule has 0 fully saturated rings. The largest absolute Gasteiger partial charge is 0.480 e. The first-order valence-corrected chi connectivity index (χ1v) is 5.22. The van der Waals surface area contributed by atoms with Gasteiger partial charge >= 0.3 is 5.97 Å². The average molecular weight is 240 g/mol. The Morgan fingerprint density at radius 2 is 2.35 bits per heavy atom. The highest BCUT2D eigenvalue weighted by Crippen LogP contribution is 2.06. The summed E-state index contributed by atoms with van der Waals surface area (Å²) in [6, 6.07) is -0.908. The quantitative estimate of drug-likeness (QED) is 0.603. The second-order valence-corrected chi connectivity index (χ2v) is 3.68. The van der Waals surface area contributed by atoms with Crippen LogP contribution < -0.4 is 5.73 Å². The number of amides is 1. The van der Waals surface area contributed by atoms with Gasteiger partial charge in [0.2, 0.25) is 5.91 Å². The number of H-pyrrole nitrogens is 1. The van der Waals surface area contributed by atoms with Gasteiger partial charge in [-0.15, -0.1) is 0 Å². The van der Waals surface area contributed by atoms with Gasteiger partial charge in [0.25, 0.3) is 0 Å². The Morgan fingerprint density at radius 3 is 2.82 bits per heavy atom. The van der Waals surface area contributed by atoms with Gasteiger partial charge in [0.1, 0.15) is 6.04 Å². The van der Waals surface area contributed by atoms with Crippen molar-refractivity contribution in [2.75, 3.05) is 13.6 Å². The monoisotopic (exact) mass is 240 g/mol. The molecule has 1 rings (SSSR count). The van der Waals surface area contributed by atoms with Crippen LogP contribution >= 0.6 is 0 Å². The number of aromatic nitrogens is 2. The average Bonchev–Trinajstić information content (AvgIpc) is 2.77. The Hall–Kier alpha value is -1.89. The first-order chi connectivity index (χ1) is 8.06. The maximum atomic E-state index is 11.6. The fourth-order valence-corrected chi connectivity index (χ4v) is 1.47. The van der Waals surface area contributed by atoms with Crippen LogP contribution in [-0.2, 0) is 16.0 Å². The zero-order valence-electron chi connectivity index (χ0n) is 9.59. The standard InChI is InChI=1S/C10H16N4O3/c1-14(9(15)2-3-11)8(10(16)17)4-7-5-12-6-13-7/h5-6,8H,2-4,11H2,1H3,(H,12,13)(H,16,17)/t8-/m0/s1. The minimum Gasteiger partial charge on any atom is -0.480 e. The van der Waals surface area contributed by atoms with E-state index in [2.05, 4.69) is 9.97 Å². The Bertz CT molecular complexity index is 377. The third-order valence-electron chi connectivity index (χ3n) is 2.47. The molecule has 0 unspecified atom stereocenters. The number of carboxylic acid groups (broad SMARTS) is 1. The highest BCUT2D eigenvalue weighted by atomic mass is 16.4. The molecule has 0 aromatic carbocycles. The fourth-order valence-electron chi connectivity index (χ4n) is 1.47. The van der Waals surface area contributed by atoms with Crippen LogP contribution in [0.2, 0.25) is 0 Å². The molecule has 1 amide bonds. The van der Waals surface area contributed by atoms with Crippen molar-refractivity contribution >= 4 is 11.9 Å². The SMILES string of the molecule is CN(C(=O)CCN)[C@@H](Cc1cnc[nH]1)C(=O)O. The van der Waals surface area contributed by atoms with E-state index in [4.69, 9.17) is 10.8 Å². The maximum absolute atomic E-state index is 11.6. The smallest absolute Gasteiger partial charge is 0.326 e. The highest BCUT2D eigenvalue weighted by molar-refractivity contribution is 5.83. The van der Waals surface area contributed by atoms with Crippen LogP contribution in [0.5, 0.6) is 0 Å². The molecule has 0 aliphatic rings. The predicted molar refractivity (Wildman–Crippen MR) is 60.2 cm³/mol. The van der Waals surface area contributed by atoms with Crippen molar-refractivity contribution in [3.05, 3.63) is 18.2 Å². The van der Waals surface area contributed by atoms with Crippen LogP contribution in [0.3, 0.4) is 0 Å². The van der Waals surface area contributed by atoms with E-state index in [1.54, 1.807) is 0 Å². The molecule has 1 atom stereocenters. The van der Waals surface area contributed by atoms with Gasteiger partial charge in [-0.25, -0.2) is 9.78 Å². The molecule has 0 spiro atoms. The molecule has 0 aliphatic heterocycles. The van der Waals surface area contributed by atoms with Crippen LogP contribution in [0.1, 0.15) is 12.1 Å². The number of nitrogens with two attached hydrogens (primary N) is 1. The van der Waals surface area contributed by atoms with Gasteiger partial charge in [-0.05, 0) is 0 Å². The summed E-state index contributed by atoms with van der Waals surface area (Å²) < 4.78 is 0. The topological polar surface area (TPSA) is 112 Å². The van der Waals surface area contributed by atoms with Crippen molar-refractivity contribution < 1.29 is 14.7 Å². The number of carbonyl (C=O) groups is 2. The molecule has 0 saturated carbocycles. The van der Waals surface area contributed by atoms with Crippen LogP contribution in [0, 0.1) is 0 Å². The summed E-state index contributed by atoms with van der Waals surface area (Å²) in [5.41, 5.74) is 5.94. The van der Waals surface area contributed by atoms with E-state index in [0.29, 0.717) is 5.69 Å². The first-order valence-electron chi connectivity index (χ1n) is 5.22. The first kappa shape index (κ1) is 13.2. The molecule has 4 N–H and O–H groups in total. The van der Waals surface area contributed by atoms with Crippen molar-refractivity contribution in [2.45, 2.75) is 18.9 Å². The lowest BCUT2D eigenvalue weighted by Crippen LogP contribution is -2.44. The van der Waals surface area contributed by atoms with Gasteiger partial charge in [-0.3, -0.25) is 4.79 Å². The molecule has 1 aromatic heterocycles. The molecule has 94 valence electrons. The van der Waals surface area contributed by atoms with E-state index < -0.39 is 12.0 Å². The van der Waals surface area contributed by atoms with Crippen LogP contribution in [0.15, 0.2) is 12.5 Å². The minimum atomic E-state index is -1.05. The molecule has 1 aromatic rings. The molecule has 7 heteroatoms. The third-order valence-corrected chi connectivity index (χ3v) is 2.47. The Labute approximate surface area is 98.6 Å². The molecule has 0 aliphatic carbocycles. The lowest BCUT2D eigenvalue weighted by atomic mass is 10.1. The molecule has 17 heavy (non-hydrogen) atoms. The molecular formula is C10H16N4O3. The number of rotatable bonds is 6. The Morgan fingerprint density at radius 1 is 1.65 bits per heavy atom. The van der Waals surface area contributed by atoms with Gasteiger partial charge in [-0.1, -0.05) is 0 Å². The van der Waals surface area contributed by atoms with Gasteiger partial charge in [-0.2, -0.15) is 0 Å². The third kappa shape index (κ3) is 3.56. The van der Waals surface area contributed by atoms with Gasteiger partial charge in [0.05, 0.1) is 6.33 Å². The number of carboxylic acids is 1. The number of carbonyl (C=O) groups excluding carboxylic acids is 1. The lowest BCUT2D eigenvalue weighted by Gasteiger charge is -2.24. The van der Waals surface area contributed by atoms with E-state index in [1.165, 1.54) is 24.5 Å². The number of nitrogens with zero attached hydrogens (tertiary/aromatic N) is 2. The van der Waals surface area contributed by atoms with Crippen molar-refractivity contribution in [3.8, 4) is 0 Å². The van der Waals surface area contributed by atoms with Gasteiger partial charge < -0.3 is 20.7 Å². The van der Waals surface area contributed by atoms with Gasteiger partial charge in [0, 0.05) is 38.3 Å². The summed E-state index contributed by atoms with van der Waals surface area (Å²) in [5, 5.41) is 9.10. The Balaban J connectivity index is 2.72. The van der Waals surface area contributed by atoms with E-state index in [1.807, 2.05) is 0 Å². The zero-order valence-corrected chi connectivity index (χ0v) is 9.59. The van der Waals surface area contributed by atoms with Crippen molar-refractivity contribution in [2.24, 2.45) is 5.73 Å². The second-order valence-electron chi connectivity index (χ2n) is 3.68. The predicted octanol–water partition coefficient (Wildman–Crippen LogP) is -0.787. The van der Waals surface area contributed by atoms with Crippen LogP contribution in [-0.4, -0.2) is 51.5 Å². The molecule has 0 radical (unpaired) electrons. The summed E-state index contributed by atoms with van der Waals surface area (Å²) >= 11 is 0. The molecule has 0 saturated heterocycles. The van der Waals surface area contributed by atoms with Crippen molar-refractivity contribution in [3.63, 3.8) is 0 Å². The van der Waals surface area contributed by atoms with E-state index >= 15 is 0 Å². The Kier molecular flexibility index (Phi) is 4.65. The number of hydrogen-bond acceptors (Lipinski definition) is 4. The number of imidazole rings is 1. The number of aliphatic carboxylic acids is 1. The molecule has 0 bridgehead atoms. The number of nitrogens with one attached hydrogen (secondary N) is 1. The van der Waals surface area contributed by atoms with Crippen molar-refractivity contribution in [1.29, 1.82) is 0 Å². The summed E-state index contributed by atoms with van der Waals surface area (Å²) in [6.45, 7) is 0.208. The maximum Gasteiger partial charge on any atom is 0.326 e. The lowest BCUT2D eigenvalue weighted by molar-refractivity contribution is -0.148. The van der Waals surface area contributed by atoms with Gasteiger partial charge in [0.15, 0.2) is 0 Å². The minimum absolute atomic E-state index is 0.142. The van der Waals surface area contributed by atoms with E-state index in [0.717, 1.165) is 0 Å². The second kappa shape index (κ2) is 6.00. The summed E-state index contributed by atoms with van der Waals surface area (Å²) in [7, 11) is 1.47. The van der Waals surface area contributed by atoms with E-state index in [9.17, 15) is 9.59 Å². The zero-order chi connectivity index (χ0) is 12.8. The summed E-state index contributed by atoms with van der Waals surface area (Å²) in [6.07, 6.45) is 3.35. The van der Waals surface area contributed by atoms with Crippen molar-refractivity contribution in [1.82, 2.24) is 14.9 Å². The number of hydrogen-bond donors (Lipinski definition) is 3. The number of aromatic amines is 1. The molecular weight excluding hydrogens is 224 g/mol. The molecule has 7 nitrogen and oxygen atoms in total. The van der Waals surface area contributed by atoms with E-state index in [-0.39, 0.29) is 25.3 Å².